The Balaban J connectivity index is 2.00. The predicted molar refractivity (Wildman–Crippen MR) is 103 cm³/mol. The first-order valence-electron chi connectivity index (χ1n) is 7.85. The molecule has 1 N–H and O–H groups in total. The summed E-state index contributed by atoms with van der Waals surface area (Å²) in [7, 11) is 4.89. The Kier molecular flexibility index (Phi) is 5.38. The normalized spacial score (nSPS) is 11.9. The summed E-state index contributed by atoms with van der Waals surface area (Å²) < 4.78 is 12.1. The van der Waals surface area contributed by atoms with Crippen LogP contribution in [0.25, 0.3) is 11.3 Å². The molecule has 0 aliphatic rings. The molecule has 0 bridgehead atoms. The molecule has 2 aromatic carbocycles. The molecule has 6 nitrogen and oxygen atoms in total. The zero-order chi connectivity index (χ0) is 18.5. The molecule has 0 aliphatic heterocycles. The van der Waals surface area contributed by atoms with Crippen molar-refractivity contribution in [2.45, 2.75) is 0 Å². The van der Waals surface area contributed by atoms with E-state index in [1.54, 1.807) is 43.2 Å². The Hall–Kier alpha value is -3.06. The molecule has 3 rings (SSSR count). The molecule has 0 spiro atoms. The van der Waals surface area contributed by atoms with E-state index >= 15 is 0 Å². The lowest BCUT2D eigenvalue weighted by atomic mass is 10.2. The highest BCUT2D eigenvalue weighted by molar-refractivity contribution is 7.07. The summed E-state index contributed by atoms with van der Waals surface area (Å²) in [6.45, 7) is 0. The van der Waals surface area contributed by atoms with Crippen LogP contribution in [0.5, 0.6) is 17.2 Å². The van der Waals surface area contributed by atoms with Gasteiger partial charge in [0.1, 0.15) is 5.75 Å². The number of aromatic nitrogens is 1. The van der Waals surface area contributed by atoms with E-state index in [-0.39, 0.29) is 5.75 Å². The van der Waals surface area contributed by atoms with Gasteiger partial charge in [0.05, 0.1) is 26.1 Å². The minimum Gasteiger partial charge on any atom is -0.504 e. The lowest BCUT2D eigenvalue weighted by molar-refractivity contribution is 0.373. The van der Waals surface area contributed by atoms with Crippen LogP contribution in [-0.2, 0) is 0 Å². The van der Waals surface area contributed by atoms with E-state index in [4.69, 9.17) is 9.47 Å². The lowest BCUT2D eigenvalue weighted by Crippen LogP contribution is -2.11. The number of thiazole rings is 1. The summed E-state index contributed by atoms with van der Waals surface area (Å²) in [5.41, 5.74) is 2.75. The van der Waals surface area contributed by atoms with Crippen LogP contribution in [0.1, 0.15) is 5.56 Å². The second-order valence-electron chi connectivity index (χ2n) is 5.34. The monoisotopic (exact) mass is 369 g/mol. The molecule has 0 amide bonds. The van der Waals surface area contributed by atoms with Crippen LogP contribution < -0.4 is 14.3 Å². The molecule has 1 heterocycles. The number of rotatable bonds is 5. The Morgan fingerprint density at radius 3 is 2.50 bits per heavy atom. The van der Waals surface area contributed by atoms with E-state index < -0.39 is 0 Å². The first-order chi connectivity index (χ1) is 12.7. The van der Waals surface area contributed by atoms with Gasteiger partial charge in [-0.1, -0.05) is 0 Å². The van der Waals surface area contributed by atoms with Crippen LogP contribution in [0.15, 0.2) is 57.9 Å². The van der Waals surface area contributed by atoms with Gasteiger partial charge in [-0.25, -0.2) is 4.68 Å². The molecular weight excluding hydrogens is 350 g/mol. The third-order valence-electron chi connectivity index (χ3n) is 3.79. The van der Waals surface area contributed by atoms with Crippen molar-refractivity contribution in [3.05, 3.63) is 58.2 Å². The first-order valence-corrected chi connectivity index (χ1v) is 8.73. The van der Waals surface area contributed by atoms with E-state index in [0.717, 1.165) is 27.4 Å². The van der Waals surface area contributed by atoms with Crippen molar-refractivity contribution in [2.24, 2.45) is 10.1 Å². The molecule has 1 aromatic heterocycles. The number of ether oxygens (including phenoxy) is 2. The molecule has 0 fully saturated rings. The van der Waals surface area contributed by atoms with Crippen molar-refractivity contribution in [2.75, 3.05) is 21.3 Å². The van der Waals surface area contributed by atoms with E-state index in [1.807, 2.05) is 29.6 Å². The maximum Gasteiger partial charge on any atom is 0.205 e. The van der Waals surface area contributed by atoms with Crippen LogP contribution in [0.2, 0.25) is 0 Å². The molecule has 0 aliphatic carbocycles. The zero-order valence-electron chi connectivity index (χ0n) is 14.7. The van der Waals surface area contributed by atoms with Gasteiger partial charge in [0, 0.05) is 18.0 Å². The number of hydrogen-bond donors (Lipinski definition) is 1. The number of hydrogen-bond acceptors (Lipinski definition) is 6. The Morgan fingerprint density at radius 1 is 1.08 bits per heavy atom. The van der Waals surface area contributed by atoms with Crippen molar-refractivity contribution in [1.29, 1.82) is 0 Å². The molecule has 0 unspecified atom stereocenters. The van der Waals surface area contributed by atoms with Gasteiger partial charge in [-0.05, 0) is 48.0 Å². The topological polar surface area (TPSA) is 68.3 Å². The third-order valence-corrected chi connectivity index (χ3v) is 4.70. The molecule has 0 saturated heterocycles. The zero-order valence-corrected chi connectivity index (χ0v) is 15.5. The molecule has 3 aromatic rings. The number of nitrogens with zero attached hydrogens (tertiary/aromatic N) is 3. The summed E-state index contributed by atoms with van der Waals surface area (Å²) >= 11 is 1.51. The fourth-order valence-electron chi connectivity index (χ4n) is 2.42. The summed E-state index contributed by atoms with van der Waals surface area (Å²) in [4.78, 5) is 5.06. The highest BCUT2D eigenvalue weighted by Crippen LogP contribution is 2.26. The SMILES string of the molecule is CN=c1scc(-c2ccc(OC)cc2)n1N=Cc1ccc(O)c(OC)c1. The average Bonchev–Trinajstić information content (AvgIpc) is 3.10. The van der Waals surface area contributed by atoms with Crippen molar-refractivity contribution in [3.63, 3.8) is 0 Å². The number of methoxy groups -OCH3 is 2. The third kappa shape index (κ3) is 3.62. The molecule has 0 radical (unpaired) electrons. The minimum atomic E-state index is 0.0935. The van der Waals surface area contributed by atoms with Gasteiger partial charge in [-0.15, -0.1) is 11.3 Å². The van der Waals surface area contributed by atoms with Crippen molar-refractivity contribution >= 4 is 17.6 Å². The molecule has 0 atom stereocenters. The summed E-state index contributed by atoms with van der Waals surface area (Å²) in [6, 6.07) is 12.9. The van der Waals surface area contributed by atoms with Crippen LogP contribution in [-0.4, -0.2) is 37.3 Å². The maximum absolute atomic E-state index is 9.71. The van der Waals surface area contributed by atoms with Gasteiger partial charge in [-0.3, -0.25) is 4.99 Å². The van der Waals surface area contributed by atoms with Gasteiger partial charge in [-0.2, -0.15) is 5.10 Å². The highest BCUT2D eigenvalue weighted by Gasteiger charge is 2.08. The van der Waals surface area contributed by atoms with Crippen LogP contribution >= 0.6 is 11.3 Å². The Bertz CT molecular complexity index is 988. The van der Waals surface area contributed by atoms with Crippen LogP contribution in [0.3, 0.4) is 0 Å². The van der Waals surface area contributed by atoms with E-state index in [2.05, 4.69) is 10.1 Å². The van der Waals surface area contributed by atoms with E-state index in [1.165, 1.54) is 18.4 Å². The smallest absolute Gasteiger partial charge is 0.205 e. The van der Waals surface area contributed by atoms with E-state index in [0.29, 0.717) is 5.75 Å². The number of phenols is 1. The number of phenolic OH excluding ortho intramolecular Hbond substituents is 1. The fraction of sp³-hybridized carbons (Fsp3) is 0.158. The quantitative estimate of drug-likeness (QED) is 0.701. The predicted octanol–water partition coefficient (Wildman–Crippen LogP) is 3.35. The van der Waals surface area contributed by atoms with Crippen molar-refractivity contribution in [3.8, 4) is 28.5 Å². The van der Waals surface area contributed by atoms with Crippen molar-refractivity contribution in [1.82, 2.24) is 4.68 Å². The van der Waals surface area contributed by atoms with Crippen LogP contribution in [0, 0.1) is 0 Å². The summed E-state index contributed by atoms with van der Waals surface area (Å²) in [5, 5.41) is 16.3. The number of benzene rings is 2. The second kappa shape index (κ2) is 7.88. The lowest BCUT2D eigenvalue weighted by Gasteiger charge is -2.06. The Labute approximate surface area is 155 Å². The van der Waals surface area contributed by atoms with Crippen molar-refractivity contribution < 1.29 is 14.6 Å². The van der Waals surface area contributed by atoms with Crippen LogP contribution in [0.4, 0.5) is 0 Å². The largest absolute Gasteiger partial charge is 0.504 e. The fourth-order valence-corrected chi connectivity index (χ4v) is 3.23. The molecule has 26 heavy (non-hydrogen) atoms. The standard InChI is InChI=1S/C19H19N3O3S/c1-20-19-22(21-11-13-4-9-17(23)18(10-13)25-3)16(12-26-19)14-5-7-15(24-2)8-6-14/h4-12,23H,1-3H3. The van der Waals surface area contributed by atoms with Gasteiger partial charge in [0.2, 0.25) is 4.80 Å². The van der Waals surface area contributed by atoms with Gasteiger partial charge in [0.25, 0.3) is 0 Å². The molecule has 134 valence electrons. The van der Waals surface area contributed by atoms with E-state index in [9.17, 15) is 5.11 Å². The Morgan fingerprint density at radius 2 is 1.85 bits per heavy atom. The summed E-state index contributed by atoms with van der Waals surface area (Å²) in [6.07, 6.45) is 1.70. The van der Waals surface area contributed by atoms with Gasteiger partial charge in [0.15, 0.2) is 11.5 Å². The van der Waals surface area contributed by atoms with Gasteiger partial charge < -0.3 is 14.6 Å². The summed E-state index contributed by atoms with van der Waals surface area (Å²) in [5.74, 6) is 1.30. The molecule has 0 saturated carbocycles. The number of aromatic hydroxyl groups is 1. The highest BCUT2D eigenvalue weighted by atomic mass is 32.1. The first kappa shape index (κ1) is 17.8. The average molecular weight is 369 g/mol. The minimum absolute atomic E-state index is 0.0935. The van der Waals surface area contributed by atoms with Gasteiger partial charge >= 0.3 is 0 Å². The maximum atomic E-state index is 9.71. The second-order valence-corrected chi connectivity index (χ2v) is 6.18. The molecular formula is C19H19N3O3S. The molecule has 7 heteroatoms.